The van der Waals surface area contributed by atoms with Gasteiger partial charge in [-0.05, 0) is 56.3 Å². The maximum absolute atomic E-state index is 12.4. The molecular formula is C24H26N4O8S2. The van der Waals surface area contributed by atoms with Gasteiger partial charge in [-0.1, -0.05) is 18.2 Å². The minimum atomic E-state index is -3.71. The maximum atomic E-state index is 12.4. The van der Waals surface area contributed by atoms with E-state index in [2.05, 4.69) is 21.3 Å². The Kier molecular flexibility index (Phi) is 9.15. The highest BCUT2D eigenvalue weighted by Crippen LogP contribution is 2.22. The van der Waals surface area contributed by atoms with Gasteiger partial charge in [0.05, 0.1) is 11.5 Å². The van der Waals surface area contributed by atoms with E-state index in [4.69, 9.17) is 8.37 Å². The summed E-state index contributed by atoms with van der Waals surface area (Å²) in [7, 11) is -7.42. The Bertz CT molecular complexity index is 1410. The number of hydrogen-bond acceptors (Lipinski definition) is 8. The molecule has 0 saturated carbocycles. The second kappa shape index (κ2) is 12.3. The van der Waals surface area contributed by atoms with Crippen LogP contribution in [-0.2, 0) is 20.2 Å². The first-order chi connectivity index (χ1) is 18.0. The van der Waals surface area contributed by atoms with Crippen LogP contribution in [0.5, 0.6) is 11.5 Å². The molecule has 0 unspecified atom stereocenters. The van der Waals surface area contributed by atoms with Crippen LogP contribution in [0.25, 0.3) is 0 Å². The number of hydrogen-bond donors (Lipinski definition) is 4. The molecular weight excluding hydrogens is 536 g/mol. The highest BCUT2D eigenvalue weighted by Gasteiger charge is 2.12. The molecule has 0 aliphatic rings. The van der Waals surface area contributed by atoms with Crippen LogP contribution in [-0.4, -0.2) is 40.4 Å². The fraction of sp³-hybridized carbons (Fsp3) is 0.167. The monoisotopic (exact) mass is 562 g/mol. The van der Waals surface area contributed by atoms with Gasteiger partial charge < -0.3 is 29.6 Å². The lowest BCUT2D eigenvalue weighted by atomic mass is 10.2. The van der Waals surface area contributed by atoms with Crippen molar-refractivity contribution in [3.05, 3.63) is 72.8 Å². The molecule has 14 heteroatoms. The highest BCUT2D eigenvalue weighted by atomic mass is 32.2. The summed E-state index contributed by atoms with van der Waals surface area (Å²) in [5.74, 6) is -0.271. The fourth-order valence-electron chi connectivity index (χ4n) is 2.92. The SMILES string of the molecule is CCS(=O)(=O)Oc1cccc(NC(=O)Nc2cccc(NC(=O)Nc3cccc(OS(=O)(=O)CC)c3)c2)c1. The summed E-state index contributed by atoms with van der Waals surface area (Å²) in [6.45, 7) is 2.90. The molecule has 0 aromatic heterocycles. The van der Waals surface area contributed by atoms with Gasteiger partial charge in [-0.25, -0.2) is 9.59 Å². The zero-order chi connectivity index (χ0) is 27.8. The van der Waals surface area contributed by atoms with Crippen molar-refractivity contribution in [2.75, 3.05) is 32.8 Å². The van der Waals surface area contributed by atoms with Crippen molar-refractivity contribution in [3.63, 3.8) is 0 Å². The third kappa shape index (κ3) is 8.97. The van der Waals surface area contributed by atoms with Crippen molar-refractivity contribution in [2.24, 2.45) is 0 Å². The van der Waals surface area contributed by atoms with Gasteiger partial charge in [0.15, 0.2) is 0 Å². The third-order valence-corrected chi connectivity index (χ3v) is 7.02. The molecule has 0 fully saturated rings. The second-order valence-corrected chi connectivity index (χ2v) is 11.4. The van der Waals surface area contributed by atoms with Crippen LogP contribution < -0.4 is 29.6 Å². The molecule has 0 aliphatic heterocycles. The van der Waals surface area contributed by atoms with Gasteiger partial charge in [0.2, 0.25) is 0 Å². The fourth-order valence-corrected chi connectivity index (χ4v) is 3.95. The van der Waals surface area contributed by atoms with Gasteiger partial charge in [0.25, 0.3) is 0 Å². The van der Waals surface area contributed by atoms with Crippen LogP contribution in [0.2, 0.25) is 0 Å². The molecule has 202 valence electrons. The first-order valence-corrected chi connectivity index (χ1v) is 14.4. The van der Waals surface area contributed by atoms with Crippen molar-refractivity contribution < 1.29 is 34.8 Å². The molecule has 4 N–H and O–H groups in total. The van der Waals surface area contributed by atoms with Crippen LogP contribution >= 0.6 is 0 Å². The predicted octanol–water partition coefficient (Wildman–Crippen LogP) is 4.43. The van der Waals surface area contributed by atoms with Gasteiger partial charge >= 0.3 is 32.3 Å². The molecule has 0 atom stereocenters. The van der Waals surface area contributed by atoms with Gasteiger partial charge in [-0.15, -0.1) is 0 Å². The molecule has 3 aromatic carbocycles. The molecule has 0 bridgehead atoms. The smallest absolute Gasteiger partial charge is 0.323 e. The largest absolute Gasteiger partial charge is 0.382 e. The van der Waals surface area contributed by atoms with Gasteiger partial charge in [0.1, 0.15) is 11.5 Å². The summed E-state index contributed by atoms with van der Waals surface area (Å²) >= 11 is 0. The maximum Gasteiger partial charge on any atom is 0.323 e. The van der Waals surface area contributed by atoms with E-state index < -0.39 is 32.3 Å². The number of amides is 4. The Morgan fingerprint density at radius 1 is 0.579 bits per heavy atom. The molecule has 0 saturated heterocycles. The van der Waals surface area contributed by atoms with Crippen molar-refractivity contribution in [3.8, 4) is 11.5 Å². The Hall–Kier alpha value is -4.30. The molecule has 0 radical (unpaired) electrons. The first-order valence-electron chi connectivity index (χ1n) is 11.3. The zero-order valence-electron chi connectivity index (χ0n) is 20.4. The van der Waals surface area contributed by atoms with Crippen LogP contribution in [0.3, 0.4) is 0 Å². The number of benzene rings is 3. The highest BCUT2D eigenvalue weighted by molar-refractivity contribution is 7.87. The van der Waals surface area contributed by atoms with Gasteiger partial charge in [-0.3, -0.25) is 0 Å². The zero-order valence-corrected chi connectivity index (χ0v) is 22.1. The number of rotatable bonds is 10. The van der Waals surface area contributed by atoms with E-state index in [9.17, 15) is 26.4 Å². The third-order valence-electron chi connectivity index (χ3n) is 4.72. The normalized spacial score (nSPS) is 11.2. The number of nitrogens with one attached hydrogen (secondary N) is 4. The second-order valence-electron chi connectivity index (χ2n) is 7.65. The van der Waals surface area contributed by atoms with E-state index in [1.54, 1.807) is 30.3 Å². The molecule has 38 heavy (non-hydrogen) atoms. The van der Waals surface area contributed by atoms with E-state index in [-0.39, 0.29) is 23.0 Å². The van der Waals surface area contributed by atoms with E-state index in [1.807, 2.05) is 0 Å². The van der Waals surface area contributed by atoms with Gasteiger partial charge in [0, 0.05) is 34.9 Å². The predicted molar refractivity (Wildman–Crippen MR) is 145 cm³/mol. The van der Waals surface area contributed by atoms with Crippen LogP contribution in [0.4, 0.5) is 32.3 Å². The average molecular weight is 563 g/mol. The topological polar surface area (TPSA) is 169 Å². The molecule has 0 heterocycles. The molecule has 3 rings (SSSR count). The number of carbonyl (C=O) groups excluding carboxylic acids is 2. The minimum Gasteiger partial charge on any atom is -0.382 e. The number of urea groups is 2. The average Bonchev–Trinajstić information content (AvgIpc) is 2.84. The Morgan fingerprint density at radius 2 is 0.895 bits per heavy atom. The lowest BCUT2D eigenvalue weighted by Crippen LogP contribution is -2.21. The quantitative estimate of drug-likeness (QED) is 0.263. The summed E-state index contributed by atoms with van der Waals surface area (Å²) in [4.78, 5) is 24.9. The summed E-state index contributed by atoms with van der Waals surface area (Å²) < 4.78 is 56.5. The molecule has 3 aromatic rings. The van der Waals surface area contributed by atoms with Crippen molar-refractivity contribution >= 4 is 55.0 Å². The summed E-state index contributed by atoms with van der Waals surface area (Å²) in [6.07, 6.45) is 0. The Morgan fingerprint density at radius 3 is 1.24 bits per heavy atom. The standard InChI is InChI=1S/C24H26N4O8S2/c1-3-37(31,32)35-21-12-6-10-19(15-21)27-23(29)25-17-8-5-9-18(14-17)26-24(30)28-20-11-7-13-22(16-20)36-38(33,34)4-2/h5-16H,3-4H2,1-2H3,(H2,25,27,29)(H2,26,28,30). The van der Waals surface area contributed by atoms with Crippen molar-refractivity contribution in [1.82, 2.24) is 0 Å². The van der Waals surface area contributed by atoms with Crippen molar-refractivity contribution in [2.45, 2.75) is 13.8 Å². The molecule has 0 aliphatic carbocycles. The lowest BCUT2D eigenvalue weighted by Gasteiger charge is -2.12. The molecule has 4 amide bonds. The van der Waals surface area contributed by atoms with E-state index in [0.717, 1.165) is 0 Å². The van der Waals surface area contributed by atoms with E-state index >= 15 is 0 Å². The summed E-state index contributed by atoms with van der Waals surface area (Å²) in [5.41, 5.74) is 1.33. The van der Waals surface area contributed by atoms with Crippen LogP contribution in [0.15, 0.2) is 72.8 Å². The Balaban J connectivity index is 1.58. The van der Waals surface area contributed by atoms with Gasteiger partial charge in [-0.2, -0.15) is 16.8 Å². The number of anilines is 4. The van der Waals surface area contributed by atoms with Crippen LogP contribution in [0, 0.1) is 0 Å². The van der Waals surface area contributed by atoms with E-state index in [1.165, 1.54) is 56.3 Å². The summed E-state index contributed by atoms with van der Waals surface area (Å²) in [5, 5.41) is 10.4. The number of carbonyl (C=O) groups is 2. The summed E-state index contributed by atoms with van der Waals surface area (Å²) in [6, 6.07) is 16.9. The van der Waals surface area contributed by atoms with Crippen molar-refractivity contribution in [1.29, 1.82) is 0 Å². The minimum absolute atomic E-state index is 0.0611. The first kappa shape index (κ1) is 28.3. The van der Waals surface area contributed by atoms with Crippen LogP contribution in [0.1, 0.15) is 13.8 Å². The Labute approximate surface area is 220 Å². The lowest BCUT2D eigenvalue weighted by molar-refractivity contribution is 0.261. The van der Waals surface area contributed by atoms with E-state index in [0.29, 0.717) is 22.7 Å². The molecule has 0 spiro atoms. The molecule has 12 nitrogen and oxygen atoms in total.